The number of carbonyl (C=O) groups is 1. The van der Waals surface area contributed by atoms with Crippen molar-refractivity contribution < 1.29 is 9.53 Å². The second kappa shape index (κ2) is 6.24. The van der Waals surface area contributed by atoms with E-state index in [0.717, 1.165) is 12.2 Å². The van der Waals surface area contributed by atoms with Crippen LogP contribution >= 0.6 is 0 Å². The Bertz CT molecular complexity index is 476. The Morgan fingerprint density at radius 1 is 1.42 bits per heavy atom. The van der Waals surface area contributed by atoms with Gasteiger partial charge in [-0.2, -0.15) is 5.26 Å². The molecule has 4 heteroatoms. The third kappa shape index (κ3) is 3.47. The van der Waals surface area contributed by atoms with E-state index in [9.17, 15) is 4.79 Å². The van der Waals surface area contributed by atoms with E-state index >= 15 is 0 Å². The molecule has 1 saturated heterocycles. The molecule has 0 bridgehead atoms. The van der Waals surface area contributed by atoms with Crippen LogP contribution in [0.3, 0.4) is 0 Å². The number of likely N-dealkylation sites (tertiary alicyclic amines) is 1. The lowest BCUT2D eigenvalue weighted by Crippen LogP contribution is -2.40. The number of nitriles is 1. The monoisotopic (exact) mass is 258 g/mol. The molecule has 1 unspecified atom stereocenters. The van der Waals surface area contributed by atoms with E-state index in [1.165, 1.54) is 5.56 Å². The molecule has 1 aromatic carbocycles. The Labute approximate surface area is 113 Å². The van der Waals surface area contributed by atoms with Gasteiger partial charge < -0.3 is 9.64 Å². The zero-order valence-electron chi connectivity index (χ0n) is 11.1. The van der Waals surface area contributed by atoms with Crippen LogP contribution in [0.5, 0.6) is 5.75 Å². The number of benzene rings is 1. The molecule has 1 aliphatic rings. The molecule has 2 rings (SSSR count). The molecule has 100 valence electrons. The van der Waals surface area contributed by atoms with Crippen LogP contribution in [0.1, 0.15) is 18.4 Å². The van der Waals surface area contributed by atoms with Gasteiger partial charge in [0.1, 0.15) is 5.75 Å². The fraction of sp³-hybridized carbons (Fsp3) is 0.467. The molecule has 1 aromatic rings. The zero-order chi connectivity index (χ0) is 13.7. The molecule has 0 saturated carbocycles. The van der Waals surface area contributed by atoms with Gasteiger partial charge in [0.2, 0.25) is 5.91 Å². The number of carbonyl (C=O) groups excluding carboxylic acids is 1. The summed E-state index contributed by atoms with van der Waals surface area (Å²) in [4.78, 5) is 13.6. The predicted molar refractivity (Wildman–Crippen MR) is 71.6 cm³/mol. The Morgan fingerprint density at radius 3 is 2.79 bits per heavy atom. The molecule has 1 fully saturated rings. The Kier molecular flexibility index (Phi) is 4.40. The van der Waals surface area contributed by atoms with Gasteiger partial charge in [0, 0.05) is 19.5 Å². The van der Waals surface area contributed by atoms with Crippen molar-refractivity contribution in [3.63, 3.8) is 0 Å². The van der Waals surface area contributed by atoms with Gasteiger partial charge in [0.25, 0.3) is 0 Å². The minimum atomic E-state index is -0.00596. The number of amides is 1. The summed E-state index contributed by atoms with van der Waals surface area (Å²) in [5, 5.41) is 8.94. The van der Waals surface area contributed by atoms with Crippen molar-refractivity contribution >= 4 is 5.91 Å². The highest BCUT2D eigenvalue weighted by Gasteiger charge is 2.24. The smallest absolute Gasteiger partial charge is 0.222 e. The third-order valence-electron chi connectivity index (χ3n) is 3.51. The van der Waals surface area contributed by atoms with Crippen LogP contribution in [-0.4, -0.2) is 31.0 Å². The SMILES string of the molecule is COc1ccc(CCN2CC(C#N)CCC2=O)cc1. The van der Waals surface area contributed by atoms with Crippen molar-refractivity contribution in [3.8, 4) is 11.8 Å². The predicted octanol–water partition coefficient (Wildman–Crippen LogP) is 2.00. The number of methoxy groups -OCH3 is 1. The fourth-order valence-corrected chi connectivity index (χ4v) is 2.29. The van der Waals surface area contributed by atoms with Crippen molar-refractivity contribution in [1.82, 2.24) is 4.90 Å². The molecule has 1 atom stereocenters. The summed E-state index contributed by atoms with van der Waals surface area (Å²) in [5.41, 5.74) is 1.17. The molecule has 1 heterocycles. The number of hydrogen-bond acceptors (Lipinski definition) is 3. The van der Waals surface area contributed by atoms with Crippen molar-refractivity contribution in [2.24, 2.45) is 5.92 Å². The average Bonchev–Trinajstić information content (AvgIpc) is 2.47. The molecule has 0 spiro atoms. The van der Waals surface area contributed by atoms with Crippen molar-refractivity contribution in [1.29, 1.82) is 5.26 Å². The minimum absolute atomic E-state index is 0.00596. The number of piperidine rings is 1. The second-order valence-corrected chi connectivity index (χ2v) is 4.80. The van der Waals surface area contributed by atoms with Crippen LogP contribution in [0.25, 0.3) is 0 Å². The van der Waals surface area contributed by atoms with E-state index in [1.54, 1.807) is 7.11 Å². The summed E-state index contributed by atoms with van der Waals surface area (Å²) >= 11 is 0. The Hall–Kier alpha value is -2.02. The van der Waals surface area contributed by atoms with Gasteiger partial charge in [-0.3, -0.25) is 4.79 Å². The first-order valence-corrected chi connectivity index (χ1v) is 6.53. The standard InChI is InChI=1S/C15H18N2O2/c1-19-14-5-2-12(3-6-14)8-9-17-11-13(10-16)4-7-15(17)18/h2-3,5-6,13H,4,7-9,11H2,1H3. The summed E-state index contributed by atoms with van der Waals surface area (Å²) in [5.74, 6) is 0.996. The van der Waals surface area contributed by atoms with Crippen LogP contribution in [0.2, 0.25) is 0 Å². The quantitative estimate of drug-likeness (QED) is 0.830. The highest BCUT2D eigenvalue weighted by atomic mass is 16.5. The van der Waals surface area contributed by atoms with Gasteiger partial charge in [-0.15, -0.1) is 0 Å². The summed E-state index contributed by atoms with van der Waals surface area (Å²) in [6.07, 6.45) is 2.02. The first-order chi connectivity index (χ1) is 9.22. The lowest BCUT2D eigenvalue weighted by molar-refractivity contribution is -0.134. The number of rotatable bonds is 4. The molecule has 0 radical (unpaired) electrons. The van der Waals surface area contributed by atoms with Gasteiger partial charge in [-0.05, 0) is 30.5 Å². The first-order valence-electron chi connectivity index (χ1n) is 6.53. The van der Waals surface area contributed by atoms with Gasteiger partial charge in [-0.1, -0.05) is 12.1 Å². The highest BCUT2D eigenvalue weighted by molar-refractivity contribution is 5.77. The molecule has 1 amide bonds. The fourth-order valence-electron chi connectivity index (χ4n) is 2.29. The van der Waals surface area contributed by atoms with Gasteiger partial charge in [-0.25, -0.2) is 0 Å². The number of ether oxygens (including phenoxy) is 1. The normalized spacial score (nSPS) is 19.1. The summed E-state index contributed by atoms with van der Waals surface area (Å²) in [6.45, 7) is 1.26. The van der Waals surface area contributed by atoms with Gasteiger partial charge >= 0.3 is 0 Å². The van der Waals surface area contributed by atoms with E-state index in [4.69, 9.17) is 10.00 Å². The third-order valence-corrected chi connectivity index (χ3v) is 3.51. The molecular formula is C15H18N2O2. The van der Waals surface area contributed by atoms with Crippen molar-refractivity contribution in [2.75, 3.05) is 20.2 Å². The minimum Gasteiger partial charge on any atom is -0.497 e. The average molecular weight is 258 g/mol. The number of nitrogens with zero attached hydrogens (tertiary/aromatic N) is 2. The Balaban J connectivity index is 1.90. The zero-order valence-corrected chi connectivity index (χ0v) is 11.1. The molecular weight excluding hydrogens is 240 g/mol. The second-order valence-electron chi connectivity index (χ2n) is 4.80. The Morgan fingerprint density at radius 2 is 2.16 bits per heavy atom. The molecule has 4 nitrogen and oxygen atoms in total. The lowest BCUT2D eigenvalue weighted by atomic mass is 9.98. The van der Waals surface area contributed by atoms with Crippen LogP contribution in [0, 0.1) is 17.2 Å². The van der Waals surface area contributed by atoms with E-state index < -0.39 is 0 Å². The van der Waals surface area contributed by atoms with Crippen LogP contribution in [-0.2, 0) is 11.2 Å². The van der Waals surface area contributed by atoms with E-state index in [-0.39, 0.29) is 11.8 Å². The van der Waals surface area contributed by atoms with E-state index in [0.29, 0.717) is 25.9 Å². The van der Waals surface area contributed by atoms with Crippen LogP contribution in [0.4, 0.5) is 0 Å². The van der Waals surface area contributed by atoms with Crippen LogP contribution < -0.4 is 4.74 Å². The molecule has 0 aliphatic carbocycles. The van der Waals surface area contributed by atoms with Gasteiger partial charge in [0.05, 0.1) is 19.1 Å². The molecule has 0 aromatic heterocycles. The summed E-state index contributed by atoms with van der Waals surface area (Å²) in [7, 11) is 1.64. The van der Waals surface area contributed by atoms with Crippen LogP contribution in [0.15, 0.2) is 24.3 Å². The summed E-state index contributed by atoms with van der Waals surface area (Å²) in [6, 6.07) is 10.1. The number of hydrogen-bond donors (Lipinski definition) is 0. The maximum atomic E-state index is 11.8. The maximum Gasteiger partial charge on any atom is 0.222 e. The molecule has 19 heavy (non-hydrogen) atoms. The maximum absolute atomic E-state index is 11.8. The molecule has 0 N–H and O–H groups in total. The summed E-state index contributed by atoms with van der Waals surface area (Å²) < 4.78 is 5.11. The topological polar surface area (TPSA) is 53.3 Å². The first kappa shape index (κ1) is 13.4. The van der Waals surface area contributed by atoms with Crippen molar-refractivity contribution in [3.05, 3.63) is 29.8 Å². The van der Waals surface area contributed by atoms with Gasteiger partial charge in [0.15, 0.2) is 0 Å². The van der Waals surface area contributed by atoms with Crippen molar-refractivity contribution in [2.45, 2.75) is 19.3 Å². The molecule has 1 aliphatic heterocycles. The highest BCUT2D eigenvalue weighted by Crippen LogP contribution is 2.18. The van der Waals surface area contributed by atoms with E-state index in [2.05, 4.69) is 6.07 Å². The lowest BCUT2D eigenvalue weighted by Gasteiger charge is -2.29. The van der Waals surface area contributed by atoms with E-state index in [1.807, 2.05) is 29.2 Å². The largest absolute Gasteiger partial charge is 0.497 e.